The quantitative estimate of drug-likeness (QED) is 0.603. The van der Waals surface area contributed by atoms with E-state index in [-0.39, 0.29) is 10.8 Å². The number of hydrogen-bond acceptors (Lipinski definition) is 3. The van der Waals surface area contributed by atoms with E-state index in [9.17, 15) is 5.11 Å². The molecule has 0 spiro atoms. The monoisotopic (exact) mass is 238 g/mol. The van der Waals surface area contributed by atoms with Crippen LogP contribution in [0.1, 0.15) is 41.5 Å². The Hall–Kier alpha value is -0.800. The van der Waals surface area contributed by atoms with Crippen molar-refractivity contribution in [2.24, 2.45) is 22.3 Å². The van der Waals surface area contributed by atoms with Crippen molar-refractivity contribution in [1.29, 1.82) is 0 Å². The summed E-state index contributed by atoms with van der Waals surface area (Å²) >= 11 is 0. The smallest absolute Gasteiger partial charge is 0.0980 e. The van der Waals surface area contributed by atoms with Crippen LogP contribution in [0.2, 0.25) is 0 Å². The fourth-order valence-electron chi connectivity index (χ4n) is 2.17. The van der Waals surface area contributed by atoms with Crippen molar-refractivity contribution in [2.75, 3.05) is 0 Å². The van der Waals surface area contributed by atoms with E-state index in [2.05, 4.69) is 20.8 Å². The van der Waals surface area contributed by atoms with Crippen molar-refractivity contribution >= 4 is 0 Å². The number of aliphatic hydroxyl groups excluding tert-OH is 1. The molecule has 0 radical (unpaired) electrons. The van der Waals surface area contributed by atoms with Gasteiger partial charge in [-0.3, -0.25) is 0 Å². The van der Waals surface area contributed by atoms with Crippen LogP contribution in [0.4, 0.5) is 0 Å². The highest BCUT2D eigenvalue weighted by molar-refractivity contribution is 5.40. The molecule has 0 aromatic carbocycles. The molecule has 3 nitrogen and oxygen atoms in total. The Labute approximate surface area is 105 Å². The summed E-state index contributed by atoms with van der Waals surface area (Å²) in [6.45, 7) is 12.2. The summed E-state index contributed by atoms with van der Waals surface area (Å²) in [5, 5.41) is 10.6. The fraction of sp³-hybridized carbons (Fsp3) is 0.714. The topological polar surface area (TPSA) is 72.3 Å². The Kier molecular flexibility index (Phi) is 3.23. The summed E-state index contributed by atoms with van der Waals surface area (Å²) in [7, 11) is 0. The van der Waals surface area contributed by atoms with Gasteiger partial charge >= 0.3 is 0 Å². The van der Waals surface area contributed by atoms with Crippen molar-refractivity contribution in [3.05, 3.63) is 23.4 Å². The zero-order valence-corrected chi connectivity index (χ0v) is 11.8. The van der Waals surface area contributed by atoms with E-state index < -0.39 is 11.6 Å². The molecule has 0 heterocycles. The Morgan fingerprint density at radius 1 is 1.18 bits per heavy atom. The molecule has 98 valence electrons. The maximum Gasteiger partial charge on any atom is 0.0980 e. The fourth-order valence-corrected chi connectivity index (χ4v) is 2.17. The minimum Gasteiger partial charge on any atom is -0.399 e. The predicted octanol–water partition coefficient (Wildman–Crippen LogP) is 1.92. The van der Waals surface area contributed by atoms with E-state index in [1.807, 2.05) is 26.8 Å². The van der Waals surface area contributed by atoms with Crippen LogP contribution < -0.4 is 11.5 Å². The Balaban J connectivity index is 3.32. The average molecular weight is 238 g/mol. The first-order valence-electron chi connectivity index (χ1n) is 6.07. The zero-order chi connectivity index (χ0) is 13.6. The molecule has 3 heteroatoms. The van der Waals surface area contributed by atoms with E-state index in [1.165, 1.54) is 0 Å². The van der Waals surface area contributed by atoms with Crippen molar-refractivity contribution in [2.45, 2.75) is 53.2 Å². The largest absolute Gasteiger partial charge is 0.399 e. The lowest BCUT2D eigenvalue weighted by Crippen LogP contribution is -2.61. The first kappa shape index (κ1) is 14.3. The number of nitrogens with two attached hydrogens (primary N) is 2. The van der Waals surface area contributed by atoms with E-state index in [0.29, 0.717) is 5.70 Å². The van der Waals surface area contributed by atoms with E-state index >= 15 is 0 Å². The van der Waals surface area contributed by atoms with Crippen LogP contribution in [0.5, 0.6) is 0 Å². The second-order valence-corrected chi connectivity index (χ2v) is 7.08. The van der Waals surface area contributed by atoms with Gasteiger partial charge < -0.3 is 16.6 Å². The van der Waals surface area contributed by atoms with E-state index in [1.54, 1.807) is 6.08 Å². The molecule has 0 amide bonds. The maximum atomic E-state index is 10.6. The van der Waals surface area contributed by atoms with Gasteiger partial charge in [0, 0.05) is 5.70 Å². The normalized spacial score (nSPS) is 30.9. The van der Waals surface area contributed by atoms with Gasteiger partial charge in [-0.05, 0) is 28.6 Å². The Bertz CT molecular complexity index is 369. The van der Waals surface area contributed by atoms with Crippen LogP contribution in [-0.2, 0) is 0 Å². The molecule has 1 aliphatic carbocycles. The van der Waals surface area contributed by atoms with Gasteiger partial charge in [0.1, 0.15) is 0 Å². The van der Waals surface area contributed by atoms with Crippen LogP contribution >= 0.6 is 0 Å². The average Bonchev–Trinajstić information content (AvgIpc) is 2.07. The van der Waals surface area contributed by atoms with Crippen molar-refractivity contribution in [3.8, 4) is 0 Å². The first-order chi connectivity index (χ1) is 7.39. The van der Waals surface area contributed by atoms with Crippen molar-refractivity contribution < 1.29 is 5.11 Å². The molecule has 2 unspecified atom stereocenters. The second-order valence-electron chi connectivity index (χ2n) is 7.08. The molecule has 5 N–H and O–H groups in total. The lowest BCUT2D eigenvalue weighted by atomic mass is 9.63. The number of rotatable bonds is 0. The van der Waals surface area contributed by atoms with Crippen LogP contribution in [-0.4, -0.2) is 16.7 Å². The van der Waals surface area contributed by atoms with Gasteiger partial charge in [-0.2, -0.15) is 0 Å². The molecule has 0 saturated carbocycles. The number of aliphatic hydroxyl groups is 1. The molecular weight excluding hydrogens is 212 g/mol. The Morgan fingerprint density at radius 3 is 2.00 bits per heavy atom. The molecule has 17 heavy (non-hydrogen) atoms. The summed E-state index contributed by atoms with van der Waals surface area (Å²) in [5.74, 6) is 0. The highest BCUT2D eigenvalue weighted by atomic mass is 16.3. The predicted molar refractivity (Wildman–Crippen MR) is 72.2 cm³/mol. The Morgan fingerprint density at radius 2 is 1.65 bits per heavy atom. The third-order valence-corrected chi connectivity index (χ3v) is 3.64. The van der Waals surface area contributed by atoms with Gasteiger partial charge in [0.15, 0.2) is 0 Å². The SMILES string of the molecule is CC(C)(C)C1=CC(N)=CC(N)(C(C)(C)C)C1O. The molecular formula is C14H26N2O. The highest BCUT2D eigenvalue weighted by Gasteiger charge is 2.47. The van der Waals surface area contributed by atoms with Gasteiger partial charge in [0.05, 0.1) is 11.6 Å². The molecule has 0 fully saturated rings. The molecule has 0 aromatic rings. The third-order valence-electron chi connectivity index (χ3n) is 3.64. The lowest BCUT2D eigenvalue weighted by Gasteiger charge is -2.48. The van der Waals surface area contributed by atoms with E-state index in [4.69, 9.17) is 11.5 Å². The summed E-state index contributed by atoms with van der Waals surface area (Å²) in [5.41, 5.74) is 12.7. The van der Waals surface area contributed by atoms with Gasteiger partial charge in [-0.25, -0.2) is 0 Å². The van der Waals surface area contributed by atoms with Crippen LogP contribution in [0, 0.1) is 10.8 Å². The summed E-state index contributed by atoms with van der Waals surface area (Å²) < 4.78 is 0. The van der Waals surface area contributed by atoms with Crippen LogP contribution in [0.15, 0.2) is 23.4 Å². The minimum absolute atomic E-state index is 0.145. The maximum absolute atomic E-state index is 10.6. The molecule has 1 rings (SSSR count). The van der Waals surface area contributed by atoms with Gasteiger partial charge in [0.2, 0.25) is 0 Å². The number of hydrogen-bond donors (Lipinski definition) is 3. The van der Waals surface area contributed by atoms with E-state index in [0.717, 1.165) is 5.57 Å². The molecule has 0 aliphatic heterocycles. The molecule has 0 saturated heterocycles. The van der Waals surface area contributed by atoms with Gasteiger partial charge in [-0.1, -0.05) is 41.5 Å². The molecule has 1 aliphatic rings. The number of allylic oxidation sites excluding steroid dienone is 1. The van der Waals surface area contributed by atoms with Crippen LogP contribution in [0.3, 0.4) is 0 Å². The van der Waals surface area contributed by atoms with Crippen LogP contribution in [0.25, 0.3) is 0 Å². The van der Waals surface area contributed by atoms with Gasteiger partial charge in [-0.15, -0.1) is 0 Å². The minimum atomic E-state index is -0.825. The molecule has 2 atom stereocenters. The third kappa shape index (κ3) is 2.40. The second kappa shape index (κ2) is 3.85. The van der Waals surface area contributed by atoms with Gasteiger partial charge in [0.25, 0.3) is 0 Å². The highest BCUT2D eigenvalue weighted by Crippen LogP contribution is 2.42. The summed E-state index contributed by atoms with van der Waals surface area (Å²) in [4.78, 5) is 0. The standard InChI is InChI=1S/C14H26N2O/c1-12(2,3)10-7-9(15)8-14(16,11(10)17)13(4,5)6/h7-8,11,17H,15-16H2,1-6H3. The van der Waals surface area contributed by atoms with Crippen molar-refractivity contribution in [1.82, 2.24) is 0 Å². The zero-order valence-electron chi connectivity index (χ0n) is 11.8. The summed E-state index contributed by atoms with van der Waals surface area (Å²) in [6, 6.07) is 0. The first-order valence-corrected chi connectivity index (χ1v) is 6.07. The molecule has 0 aromatic heterocycles. The lowest BCUT2D eigenvalue weighted by molar-refractivity contribution is 0.0559. The van der Waals surface area contributed by atoms with Crippen molar-refractivity contribution in [3.63, 3.8) is 0 Å². The summed E-state index contributed by atoms with van der Waals surface area (Å²) in [6.07, 6.45) is 2.93. The molecule has 0 bridgehead atoms.